The number of aromatic nitrogens is 3. The van der Waals surface area contributed by atoms with E-state index in [4.69, 9.17) is 10.5 Å². The average Bonchev–Trinajstić information content (AvgIpc) is 3.00. The van der Waals surface area contributed by atoms with Crippen LogP contribution in [0.3, 0.4) is 0 Å². The molecule has 0 radical (unpaired) electrons. The summed E-state index contributed by atoms with van der Waals surface area (Å²) >= 11 is 0. The van der Waals surface area contributed by atoms with Crippen LogP contribution in [-0.4, -0.2) is 33.8 Å². The van der Waals surface area contributed by atoms with E-state index < -0.39 is 0 Å². The number of ether oxygens (including phenoxy) is 1. The molecule has 3 N–H and O–H groups in total. The van der Waals surface area contributed by atoms with Crippen molar-refractivity contribution in [2.75, 3.05) is 13.2 Å². The van der Waals surface area contributed by atoms with Gasteiger partial charge in [0.05, 0.1) is 5.39 Å². The Labute approximate surface area is 171 Å². The zero-order valence-electron chi connectivity index (χ0n) is 17.7. The predicted octanol–water partition coefficient (Wildman–Crippen LogP) is 2.90. The molecule has 0 aliphatic carbocycles. The molecule has 1 atom stereocenters. The van der Waals surface area contributed by atoms with E-state index in [-0.39, 0.29) is 18.6 Å². The molecule has 3 aromatic rings. The first kappa shape index (κ1) is 20.8. The highest BCUT2D eigenvalue weighted by molar-refractivity contribution is 5.85. The summed E-state index contributed by atoms with van der Waals surface area (Å²) in [5.41, 5.74) is 11.1. The van der Waals surface area contributed by atoms with Crippen molar-refractivity contribution in [3.63, 3.8) is 0 Å². The fourth-order valence-electron chi connectivity index (χ4n) is 3.30. The maximum Gasteiger partial charge on any atom is 0.258 e. The Balaban J connectivity index is 1.57. The van der Waals surface area contributed by atoms with Crippen molar-refractivity contribution < 1.29 is 9.53 Å². The number of benzene rings is 1. The topological polar surface area (TPSA) is 95.1 Å². The highest BCUT2D eigenvalue weighted by Gasteiger charge is 2.16. The van der Waals surface area contributed by atoms with E-state index in [0.717, 1.165) is 27.9 Å². The predicted molar refractivity (Wildman–Crippen MR) is 114 cm³/mol. The summed E-state index contributed by atoms with van der Waals surface area (Å²) in [7, 11) is 1.81. The number of nitrogens with two attached hydrogens (primary N) is 1. The zero-order valence-corrected chi connectivity index (χ0v) is 17.7. The number of nitrogens with zero attached hydrogens (tertiary/aromatic N) is 3. The lowest BCUT2D eigenvalue weighted by molar-refractivity contribution is -0.123. The van der Waals surface area contributed by atoms with Crippen molar-refractivity contribution in [3.8, 4) is 5.88 Å². The zero-order chi connectivity index (χ0) is 21.1. The summed E-state index contributed by atoms with van der Waals surface area (Å²) in [4.78, 5) is 16.7. The second-order valence-electron chi connectivity index (χ2n) is 7.73. The van der Waals surface area contributed by atoms with Gasteiger partial charge in [-0.1, -0.05) is 38.1 Å². The van der Waals surface area contributed by atoms with Gasteiger partial charge in [0.2, 0.25) is 5.88 Å². The van der Waals surface area contributed by atoms with Crippen LogP contribution in [0.5, 0.6) is 5.88 Å². The van der Waals surface area contributed by atoms with E-state index in [0.29, 0.717) is 18.3 Å². The average molecular weight is 396 g/mol. The largest absolute Gasteiger partial charge is 0.466 e. The third kappa shape index (κ3) is 4.74. The number of aryl methyl sites for hydroxylation is 3. The number of rotatable bonds is 7. The molecule has 7 nitrogen and oxygen atoms in total. The summed E-state index contributed by atoms with van der Waals surface area (Å²) in [6, 6.07) is 9.89. The van der Waals surface area contributed by atoms with Gasteiger partial charge in [0.25, 0.3) is 5.91 Å². The van der Waals surface area contributed by atoms with Crippen LogP contribution in [0.15, 0.2) is 30.3 Å². The number of hydrogen-bond donors (Lipinski definition) is 2. The van der Waals surface area contributed by atoms with E-state index in [9.17, 15) is 4.79 Å². The molecule has 0 spiro atoms. The summed E-state index contributed by atoms with van der Waals surface area (Å²) < 4.78 is 7.34. The van der Waals surface area contributed by atoms with Crippen LogP contribution < -0.4 is 15.8 Å². The number of pyridine rings is 1. The normalized spacial score (nSPS) is 12.4. The Morgan fingerprint density at radius 1 is 1.21 bits per heavy atom. The van der Waals surface area contributed by atoms with Gasteiger partial charge in [-0.25, -0.2) is 9.67 Å². The van der Waals surface area contributed by atoms with Gasteiger partial charge in [0, 0.05) is 25.3 Å². The van der Waals surface area contributed by atoms with Gasteiger partial charge in [-0.05, 0) is 42.5 Å². The summed E-state index contributed by atoms with van der Waals surface area (Å²) in [6.45, 7) is 8.43. The minimum atomic E-state index is -0.273. The molecule has 1 aromatic carbocycles. The molecular formula is C22H29N5O2. The highest BCUT2D eigenvalue weighted by Crippen LogP contribution is 2.27. The Morgan fingerprint density at radius 3 is 2.52 bits per heavy atom. The molecule has 2 aromatic heterocycles. The van der Waals surface area contributed by atoms with Crippen LogP contribution in [0.4, 0.5) is 0 Å². The van der Waals surface area contributed by atoms with Crippen molar-refractivity contribution in [3.05, 3.63) is 52.7 Å². The number of nitrogens with one attached hydrogen (secondary N) is 1. The van der Waals surface area contributed by atoms with Crippen LogP contribution in [0, 0.1) is 13.8 Å². The highest BCUT2D eigenvalue weighted by atomic mass is 16.5. The van der Waals surface area contributed by atoms with Crippen molar-refractivity contribution in [1.82, 2.24) is 20.1 Å². The SMILES string of the molecule is Cc1cc(C)c2c(OCC(=O)NC[C@@H](N)c3ccc(C(C)C)cc3)nn(C)c2n1. The number of fused-ring (bicyclic) bond motifs is 1. The fourth-order valence-corrected chi connectivity index (χ4v) is 3.30. The first-order valence-electron chi connectivity index (χ1n) is 9.82. The van der Waals surface area contributed by atoms with Crippen LogP contribution in [0.25, 0.3) is 11.0 Å². The summed E-state index contributed by atoms with van der Waals surface area (Å²) in [6.07, 6.45) is 0. The molecule has 0 saturated heterocycles. The Morgan fingerprint density at radius 2 is 1.86 bits per heavy atom. The number of carbonyl (C=O) groups is 1. The van der Waals surface area contributed by atoms with Gasteiger partial charge in [0.15, 0.2) is 12.3 Å². The lowest BCUT2D eigenvalue weighted by Gasteiger charge is -2.14. The molecule has 3 rings (SSSR count). The standard InChI is InChI=1S/C22H29N5O2/c1-13(2)16-6-8-17(9-7-16)18(23)11-24-19(28)12-29-22-20-14(3)10-15(4)25-21(20)27(5)26-22/h6-10,13,18H,11-12,23H2,1-5H3,(H,24,28)/t18-/m1/s1. The second kappa shape index (κ2) is 8.61. The smallest absolute Gasteiger partial charge is 0.258 e. The van der Waals surface area contributed by atoms with Gasteiger partial charge < -0.3 is 15.8 Å². The van der Waals surface area contributed by atoms with Gasteiger partial charge in [-0.3, -0.25) is 4.79 Å². The number of hydrogen-bond acceptors (Lipinski definition) is 5. The summed E-state index contributed by atoms with van der Waals surface area (Å²) in [5, 5.41) is 8.01. The van der Waals surface area contributed by atoms with Gasteiger partial charge in [-0.2, -0.15) is 0 Å². The van der Waals surface area contributed by atoms with Gasteiger partial charge in [0.1, 0.15) is 0 Å². The van der Waals surface area contributed by atoms with Crippen LogP contribution in [0.2, 0.25) is 0 Å². The molecule has 29 heavy (non-hydrogen) atoms. The van der Waals surface area contributed by atoms with Gasteiger partial charge >= 0.3 is 0 Å². The van der Waals surface area contributed by atoms with Crippen molar-refractivity contribution >= 4 is 16.9 Å². The molecule has 0 saturated carbocycles. The Bertz CT molecular complexity index is 1010. The van der Waals surface area contributed by atoms with E-state index in [1.54, 1.807) is 4.68 Å². The monoisotopic (exact) mass is 395 g/mol. The molecule has 0 bridgehead atoms. The first-order chi connectivity index (χ1) is 13.8. The molecule has 0 unspecified atom stereocenters. The maximum atomic E-state index is 12.2. The molecule has 0 aliphatic heterocycles. The van der Waals surface area contributed by atoms with Crippen molar-refractivity contribution in [2.45, 2.75) is 39.7 Å². The van der Waals surface area contributed by atoms with Crippen LogP contribution >= 0.6 is 0 Å². The molecule has 0 fully saturated rings. The Kier molecular flexibility index (Phi) is 6.17. The lowest BCUT2D eigenvalue weighted by atomic mass is 9.99. The maximum absolute atomic E-state index is 12.2. The van der Waals surface area contributed by atoms with Crippen molar-refractivity contribution in [2.24, 2.45) is 12.8 Å². The second-order valence-corrected chi connectivity index (χ2v) is 7.73. The summed E-state index contributed by atoms with van der Waals surface area (Å²) in [5.74, 6) is 0.648. The third-order valence-electron chi connectivity index (χ3n) is 4.98. The number of carbonyl (C=O) groups excluding carboxylic acids is 1. The third-order valence-corrected chi connectivity index (χ3v) is 4.98. The number of amides is 1. The van der Waals surface area contributed by atoms with Gasteiger partial charge in [-0.15, -0.1) is 5.10 Å². The van der Waals surface area contributed by atoms with Crippen LogP contribution in [-0.2, 0) is 11.8 Å². The molecule has 0 aliphatic rings. The molecular weight excluding hydrogens is 366 g/mol. The fraction of sp³-hybridized carbons (Fsp3) is 0.409. The first-order valence-corrected chi connectivity index (χ1v) is 9.82. The van der Waals surface area contributed by atoms with E-state index in [2.05, 4.69) is 41.4 Å². The lowest BCUT2D eigenvalue weighted by Crippen LogP contribution is -2.35. The van der Waals surface area contributed by atoms with E-state index in [1.165, 1.54) is 5.56 Å². The quantitative estimate of drug-likeness (QED) is 0.641. The molecule has 2 heterocycles. The minimum Gasteiger partial charge on any atom is -0.466 e. The molecule has 1 amide bonds. The van der Waals surface area contributed by atoms with Crippen molar-refractivity contribution in [1.29, 1.82) is 0 Å². The Hall–Kier alpha value is -2.93. The minimum absolute atomic E-state index is 0.127. The van der Waals surface area contributed by atoms with E-state index in [1.807, 2.05) is 39.1 Å². The van der Waals surface area contributed by atoms with Crippen LogP contribution in [0.1, 0.15) is 48.2 Å². The van der Waals surface area contributed by atoms with E-state index >= 15 is 0 Å². The molecule has 154 valence electrons. The molecule has 7 heteroatoms.